The van der Waals surface area contributed by atoms with Crippen LogP contribution >= 0.6 is 0 Å². The van der Waals surface area contributed by atoms with Gasteiger partial charge in [0.25, 0.3) is 5.91 Å². The van der Waals surface area contributed by atoms with Crippen LogP contribution in [0.15, 0.2) is 42.5 Å². The summed E-state index contributed by atoms with van der Waals surface area (Å²) < 4.78 is 25.8. The molecule has 3 amide bonds. The summed E-state index contributed by atoms with van der Waals surface area (Å²) in [6.45, 7) is 2.70. The molecule has 10 heteroatoms. The van der Waals surface area contributed by atoms with Crippen LogP contribution in [0.4, 0.5) is 14.9 Å². The largest absolute Gasteiger partial charge is 0.487 e. The second-order valence-electron chi connectivity index (χ2n) is 8.47. The Labute approximate surface area is 202 Å². The van der Waals surface area contributed by atoms with Crippen molar-refractivity contribution < 1.29 is 28.2 Å². The number of nitriles is 1. The first-order valence-electron chi connectivity index (χ1n) is 11.3. The maximum absolute atomic E-state index is 14.8. The summed E-state index contributed by atoms with van der Waals surface area (Å²) >= 11 is 0. The molecule has 0 unspecified atom stereocenters. The van der Waals surface area contributed by atoms with Crippen LogP contribution in [-0.2, 0) is 9.53 Å². The second kappa shape index (κ2) is 10.4. The number of benzene rings is 2. The monoisotopic (exact) mass is 480 g/mol. The Hall–Kier alpha value is -4.13. The summed E-state index contributed by atoms with van der Waals surface area (Å²) in [7, 11) is 0. The molecule has 2 saturated heterocycles. The lowest BCUT2D eigenvalue weighted by Gasteiger charge is -2.32. The van der Waals surface area contributed by atoms with Crippen LogP contribution in [0.5, 0.6) is 5.75 Å². The first kappa shape index (κ1) is 24.0. The molecule has 0 aliphatic carbocycles. The van der Waals surface area contributed by atoms with Crippen LogP contribution in [0.2, 0.25) is 0 Å². The molecule has 2 aliphatic heterocycles. The average molecular weight is 480 g/mol. The van der Waals surface area contributed by atoms with E-state index in [0.717, 1.165) is 0 Å². The van der Waals surface area contributed by atoms with Crippen molar-refractivity contribution in [3.05, 3.63) is 59.4 Å². The van der Waals surface area contributed by atoms with Crippen molar-refractivity contribution in [1.29, 1.82) is 5.26 Å². The van der Waals surface area contributed by atoms with E-state index in [-0.39, 0.29) is 36.8 Å². The Morgan fingerprint density at radius 1 is 1.20 bits per heavy atom. The molecule has 2 fully saturated rings. The fourth-order valence-electron chi connectivity index (χ4n) is 4.08. The summed E-state index contributed by atoms with van der Waals surface area (Å²) in [6.07, 6.45) is -0.270. The fourth-order valence-corrected chi connectivity index (χ4v) is 4.08. The zero-order valence-corrected chi connectivity index (χ0v) is 19.2. The minimum absolute atomic E-state index is 0.0768. The molecule has 2 heterocycles. The highest BCUT2D eigenvalue weighted by atomic mass is 19.1. The number of piperidine rings is 1. The summed E-state index contributed by atoms with van der Waals surface area (Å²) in [4.78, 5) is 38.9. The molecule has 9 nitrogen and oxygen atoms in total. The van der Waals surface area contributed by atoms with Crippen LogP contribution in [0, 0.1) is 17.1 Å². The number of halogens is 1. The van der Waals surface area contributed by atoms with E-state index in [0.29, 0.717) is 42.7 Å². The quantitative estimate of drug-likeness (QED) is 0.681. The highest BCUT2D eigenvalue weighted by Gasteiger charge is 2.33. The SMILES string of the molecule is CC(=O)NC[C@H]1CN(c2ccc(OC3CCN(C(=O)c4ccc(C#N)cc4)CC3)c(F)c2)C(=O)O1. The van der Waals surface area contributed by atoms with E-state index in [2.05, 4.69) is 5.32 Å². The van der Waals surface area contributed by atoms with E-state index in [1.165, 1.54) is 24.0 Å². The Morgan fingerprint density at radius 2 is 1.91 bits per heavy atom. The number of anilines is 1. The van der Waals surface area contributed by atoms with Gasteiger partial charge < -0.3 is 19.7 Å². The van der Waals surface area contributed by atoms with Gasteiger partial charge in [-0.15, -0.1) is 0 Å². The van der Waals surface area contributed by atoms with Crippen LogP contribution in [-0.4, -0.2) is 61.2 Å². The van der Waals surface area contributed by atoms with Gasteiger partial charge in [-0.3, -0.25) is 14.5 Å². The van der Waals surface area contributed by atoms with Crippen LogP contribution in [0.1, 0.15) is 35.7 Å². The Bertz CT molecular complexity index is 1160. The third kappa shape index (κ3) is 5.69. The van der Waals surface area contributed by atoms with Crippen molar-refractivity contribution >= 4 is 23.6 Å². The molecule has 182 valence electrons. The van der Waals surface area contributed by atoms with Crippen molar-refractivity contribution in [2.75, 3.05) is 31.1 Å². The molecular weight excluding hydrogens is 455 g/mol. The average Bonchev–Trinajstić information content (AvgIpc) is 3.24. The van der Waals surface area contributed by atoms with Crippen LogP contribution < -0.4 is 15.0 Å². The zero-order valence-electron chi connectivity index (χ0n) is 19.2. The zero-order chi connectivity index (χ0) is 24.9. The number of nitrogens with one attached hydrogen (secondary N) is 1. The van der Waals surface area contributed by atoms with Gasteiger partial charge in [0.1, 0.15) is 12.2 Å². The van der Waals surface area contributed by atoms with Crippen molar-refractivity contribution in [2.24, 2.45) is 0 Å². The molecule has 2 aliphatic rings. The molecule has 1 N–H and O–H groups in total. The third-order valence-corrected chi connectivity index (χ3v) is 5.96. The predicted molar refractivity (Wildman–Crippen MR) is 123 cm³/mol. The van der Waals surface area contributed by atoms with Gasteiger partial charge in [-0.05, 0) is 36.4 Å². The van der Waals surface area contributed by atoms with Gasteiger partial charge in [-0.1, -0.05) is 0 Å². The van der Waals surface area contributed by atoms with E-state index < -0.39 is 18.0 Å². The summed E-state index contributed by atoms with van der Waals surface area (Å²) in [5.74, 6) is -0.862. The lowest BCUT2D eigenvalue weighted by Crippen LogP contribution is -2.41. The molecule has 2 aromatic carbocycles. The highest BCUT2D eigenvalue weighted by Crippen LogP contribution is 2.29. The van der Waals surface area contributed by atoms with Crippen molar-refractivity contribution in [2.45, 2.75) is 32.0 Å². The van der Waals surface area contributed by atoms with Crippen LogP contribution in [0.3, 0.4) is 0 Å². The minimum Gasteiger partial charge on any atom is -0.487 e. The molecule has 4 rings (SSSR count). The lowest BCUT2D eigenvalue weighted by atomic mass is 10.1. The predicted octanol–water partition coefficient (Wildman–Crippen LogP) is 2.84. The van der Waals surface area contributed by atoms with Gasteiger partial charge in [0, 0.05) is 44.5 Å². The van der Waals surface area contributed by atoms with Gasteiger partial charge in [0.15, 0.2) is 11.6 Å². The summed E-state index contributed by atoms with van der Waals surface area (Å²) in [5, 5.41) is 11.5. The van der Waals surface area contributed by atoms with Crippen molar-refractivity contribution in [1.82, 2.24) is 10.2 Å². The molecule has 0 saturated carbocycles. The molecule has 1 atom stereocenters. The molecule has 2 aromatic rings. The number of cyclic esters (lactones) is 1. The standard InChI is InChI=1S/C25H25FN4O5/c1-16(31)28-14-21-15-30(25(33)35-21)19-6-7-23(22(26)12-19)34-20-8-10-29(11-9-20)24(32)18-4-2-17(13-27)3-5-18/h2-7,12,20-21H,8-11,14-15H2,1H3,(H,28,31)/t21-/m0/s1. The number of ether oxygens (including phenoxy) is 2. The lowest BCUT2D eigenvalue weighted by molar-refractivity contribution is -0.119. The van der Waals surface area contributed by atoms with Crippen LogP contribution in [0.25, 0.3) is 0 Å². The number of amides is 3. The molecule has 0 radical (unpaired) electrons. The smallest absolute Gasteiger partial charge is 0.414 e. The number of likely N-dealkylation sites (tertiary alicyclic amines) is 1. The number of rotatable bonds is 6. The Kier molecular flexibility index (Phi) is 7.15. The Morgan fingerprint density at radius 3 is 2.54 bits per heavy atom. The van der Waals surface area contributed by atoms with Gasteiger partial charge in [-0.25, -0.2) is 9.18 Å². The topological polar surface area (TPSA) is 112 Å². The normalized spacial score (nSPS) is 18.1. The van der Waals surface area contributed by atoms with E-state index >= 15 is 0 Å². The van der Waals surface area contributed by atoms with Crippen molar-refractivity contribution in [3.63, 3.8) is 0 Å². The highest BCUT2D eigenvalue weighted by molar-refractivity contribution is 5.94. The first-order chi connectivity index (χ1) is 16.8. The second-order valence-corrected chi connectivity index (χ2v) is 8.47. The third-order valence-electron chi connectivity index (χ3n) is 5.96. The Balaban J connectivity index is 1.31. The first-order valence-corrected chi connectivity index (χ1v) is 11.3. The fraction of sp³-hybridized carbons (Fsp3) is 0.360. The minimum atomic E-state index is -0.604. The molecule has 35 heavy (non-hydrogen) atoms. The number of carbonyl (C=O) groups is 3. The van der Waals surface area contributed by atoms with Gasteiger partial charge in [-0.2, -0.15) is 5.26 Å². The number of hydrogen-bond acceptors (Lipinski definition) is 6. The maximum atomic E-state index is 14.8. The van der Waals surface area contributed by atoms with E-state index in [4.69, 9.17) is 14.7 Å². The van der Waals surface area contributed by atoms with Gasteiger partial charge in [0.05, 0.1) is 30.4 Å². The van der Waals surface area contributed by atoms with Crippen molar-refractivity contribution in [3.8, 4) is 11.8 Å². The maximum Gasteiger partial charge on any atom is 0.414 e. The summed E-state index contributed by atoms with van der Waals surface area (Å²) in [5.41, 5.74) is 1.35. The van der Waals surface area contributed by atoms with Gasteiger partial charge in [0.2, 0.25) is 5.91 Å². The number of nitrogens with zero attached hydrogens (tertiary/aromatic N) is 3. The van der Waals surface area contributed by atoms with E-state index in [1.54, 1.807) is 35.2 Å². The molecular formula is C25H25FN4O5. The molecule has 0 bridgehead atoms. The van der Waals surface area contributed by atoms with E-state index in [1.807, 2.05) is 6.07 Å². The number of hydrogen-bond donors (Lipinski definition) is 1. The van der Waals surface area contributed by atoms with E-state index in [9.17, 15) is 18.8 Å². The van der Waals surface area contributed by atoms with Gasteiger partial charge >= 0.3 is 6.09 Å². The molecule has 0 aromatic heterocycles. The molecule has 0 spiro atoms. The summed E-state index contributed by atoms with van der Waals surface area (Å²) in [6, 6.07) is 12.8. The number of carbonyl (C=O) groups excluding carboxylic acids is 3.